The zero-order chi connectivity index (χ0) is 15.0. The summed E-state index contributed by atoms with van der Waals surface area (Å²) in [5.74, 6) is 0.0756. The van der Waals surface area contributed by atoms with Crippen LogP contribution in [-0.2, 0) is 10.0 Å². The third-order valence-corrected chi connectivity index (χ3v) is 3.75. The second-order valence-corrected chi connectivity index (χ2v) is 5.83. The highest BCUT2D eigenvalue weighted by atomic mass is 32.2. The summed E-state index contributed by atoms with van der Waals surface area (Å²) in [6.07, 6.45) is 0. The molecule has 1 heterocycles. The van der Waals surface area contributed by atoms with Crippen molar-refractivity contribution < 1.29 is 13.2 Å². The molecule has 0 spiro atoms. The van der Waals surface area contributed by atoms with E-state index in [2.05, 4.69) is 25.6 Å². The number of nitrogens with zero attached hydrogens (tertiary/aromatic N) is 2. The maximum atomic E-state index is 11.5. The third kappa shape index (κ3) is 5.49. The van der Waals surface area contributed by atoms with E-state index in [4.69, 9.17) is 0 Å². The molecule has 0 bridgehead atoms. The number of amides is 1. The van der Waals surface area contributed by atoms with Crippen molar-refractivity contribution in [3.8, 4) is 0 Å². The molecular weight excluding hydrogens is 282 g/mol. The SMILES string of the molecule is CCNC(=O)c1ccc(NCCS(=O)(=O)NCC)nn1. The van der Waals surface area contributed by atoms with E-state index in [1.165, 1.54) is 6.07 Å². The maximum absolute atomic E-state index is 11.5. The van der Waals surface area contributed by atoms with Crippen LogP contribution in [-0.4, -0.2) is 49.9 Å². The molecule has 0 radical (unpaired) electrons. The number of sulfonamides is 1. The van der Waals surface area contributed by atoms with E-state index < -0.39 is 10.0 Å². The summed E-state index contributed by atoms with van der Waals surface area (Å²) in [5, 5.41) is 13.0. The zero-order valence-electron chi connectivity index (χ0n) is 11.5. The molecule has 0 aliphatic carbocycles. The Hall–Kier alpha value is -1.74. The summed E-state index contributed by atoms with van der Waals surface area (Å²) >= 11 is 0. The summed E-state index contributed by atoms with van der Waals surface area (Å²) in [4.78, 5) is 11.5. The Morgan fingerprint density at radius 3 is 2.50 bits per heavy atom. The van der Waals surface area contributed by atoms with Crippen LogP contribution in [0.25, 0.3) is 0 Å². The van der Waals surface area contributed by atoms with Crippen LogP contribution in [0.2, 0.25) is 0 Å². The lowest BCUT2D eigenvalue weighted by molar-refractivity contribution is 0.0950. The van der Waals surface area contributed by atoms with Crippen LogP contribution in [0.4, 0.5) is 5.82 Å². The number of aromatic nitrogens is 2. The van der Waals surface area contributed by atoms with Gasteiger partial charge < -0.3 is 10.6 Å². The summed E-state index contributed by atoms with van der Waals surface area (Å²) in [6.45, 7) is 4.62. The summed E-state index contributed by atoms with van der Waals surface area (Å²) in [5.41, 5.74) is 0.220. The molecule has 1 amide bonds. The lowest BCUT2D eigenvalue weighted by Crippen LogP contribution is -2.29. The summed E-state index contributed by atoms with van der Waals surface area (Å²) in [7, 11) is -3.26. The van der Waals surface area contributed by atoms with Gasteiger partial charge in [0.05, 0.1) is 5.75 Å². The fraction of sp³-hybridized carbons (Fsp3) is 0.545. The fourth-order valence-corrected chi connectivity index (χ4v) is 2.36. The standard InChI is InChI=1S/C11H19N5O3S/c1-3-12-11(17)9-5-6-10(16-15-9)13-7-8-20(18,19)14-4-2/h5-6,14H,3-4,7-8H2,1-2H3,(H,12,17)(H,13,16). The first-order valence-corrected chi connectivity index (χ1v) is 7.97. The number of anilines is 1. The number of carbonyl (C=O) groups is 1. The molecule has 1 aromatic rings. The van der Waals surface area contributed by atoms with Gasteiger partial charge in [0.15, 0.2) is 5.69 Å². The van der Waals surface area contributed by atoms with Gasteiger partial charge in [0.1, 0.15) is 5.82 Å². The first-order valence-electron chi connectivity index (χ1n) is 6.31. The van der Waals surface area contributed by atoms with E-state index in [0.29, 0.717) is 18.9 Å². The molecule has 112 valence electrons. The largest absolute Gasteiger partial charge is 0.368 e. The average molecular weight is 301 g/mol. The highest BCUT2D eigenvalue weighted by Crippen LogP contribution is 2.01. The summed E-state index contributed by atoms with van der Waals surface area (Å²) in [6, 6.07) is 3.11. The average Bonchev–Trinajstić information content (AvgIpc) is 2.39. The second kappa shape index (κ2) is 7.75. The molecule has 0 atom stereocenters. The Kier molecular flexibility index (Phi) is 6.32. The molecule has 0 saturated carbocycles. The van der Waals surface area contributed by atoms with Crippen molar-refractivity contribution in [2.75, 3.05) is 30.7 Å². The second-order valence-electron chi connectivity index (χ2n) is 3.91. The van der Waals surface area contributed by atoms with E-state index in [0.717, 1.165) is 0 Å². The number of carbonyl (C=O) groups excluding carboxylic acids is 1. The number of rotatable bonds is 8. The van der Waals surface area contributed by atoms with Crippen molar-refractivity contribution >= 4 is 21.7 Å². The molecule has 0 fully saturated rings. The Balaban J connectivity index is 2.48. The molecule has 0 aliphatic rings. The quantitative estimate of drug-likeness (QED) is 0.601. The van der Waals surface area contributed by atoms with Gasteiger partial charge in [0.2, 0.25) is 10.0 Å². The van der Waals surface area contributed by atoms with Gasteiger partial charge in [-0.2, -0.15) is 0 Å². The number of hydrogen-bond acceptors (Lipinski definition) is 6. The molecule has 0 saturated heterocycles. The highest BCUT2D eigenvalue weighted by molar-refractivity contribution is 7.89. The van der Waals surface area contributed by atoms with Crippen LogP contribution in [0.1, 0.15) is 24.3 Å². The topological polar surface area (TPSA) is 113 Å². The Labute approximate surface area is 118 Å². The van der Waals surface area contributed by atoms with Crippen molar-refractivity contribution in [1.82, 2.24) is 20.2 Å². The van der Waals surface area contributed by atoms with Gasteiger partial charge in [0, 0.05) is 19.6 Å². The minimum atomic E-state index is -3.26. The molecule has 3 N–H and O–H groups in total. The molecule has 9 heteroatoms. The predicted octanol–water partition coefficient (Wildman–Crippen LogP) is -0.422. The van der Waals surface area contributed by atoms with Gasteiger partial charge in [-0.1, -0.05) is 6.92 Å². The van der Waals surface area contributed by atoms with Crippen LogP contribution in [0.5, 0.6) is 0 Å². The lowest BCUT2D eigenvalue weighted by Gasteiger charge is -2.07. The minimum absolute atomic E-state index is 0.0550. The van der Waals surface area contributed by atoms with E-state index in [1.807, 2.05) is 6.92 Å². The summed E-state index contributed by atoms with van der Waals surface area (Å²) < 4.78 is 25.2. The molecule has 0 aromatic carbocycles. The first-order chi connectivity index (χ1) is 9.48. The minimum Gasteiger partial charge on any atom is -0.368 e. The van der Waals surface area contributed by atoms with Crippen LogP contribution in [0.15, 0.2) is 12.1 Å². The van der Waals surface area contributed by atoms with Gasteiger partial charge in [-0.15, -0.1) is 10.2 Å². The van der Waals surface area contributed by atoms with E-state index in [-0.39, 0.29) is 23.9 Å². The molecule has 1 rings (SSSR count). The van der Waals surface area contributed by atoms with E-state index in [9.17, 15) is 13.2 Å². The van der Waals surface area contributed by atoms with Crippen molar-refractivity contribution in [1.29, 1.82) is 0 Å². The van der Waals surface area contributed by atoms with E-state index >= 15 is 0 Å². The Bertz CT molecular complexity index is 529. The number of hydrogen-bond donors (Lipinski definition) is 3. The normalized spacial score (nSPS) is 11.1. The van der Waals surface area contributed by atoms with Crippen molar-refractivity contribution in [3.05, 3.63) is 17.8 Å². The fourth-order valence-electron chi connectivity index (χ4n) is 1.40. The molecule has 20 heavy (non-hydrogen) atoms. The van der Waals surface area contributed by atoms with Crippen LogP contribution in [0.3, 0.4) is 0 Å². The van der Waals surface area contributed by atoms with Crippen LogP contribution in [0, 0.1) is 0 Å². The van der Waals surface area contributed by atoms with Gasteiger partial charge in [-0.05, 0) is 19.1 Å². The molecule has 0 unspecified atom stereocenters. The molecule has 8 nitrogen and oxygen atoms in total. The Morgan fingerprint density at radius 2 is 1.95 bits per heavy atom. The van der Waals surface area contributed by atoms with Gasteiger partial charge in [-0.3, -0.25) is 4.79 Å². The van der Waals surface area contributed by atoms with Crippen LogP contribution >= 0.6 is 0 Å². The Morgan fingerprint density at radius 1 is 1.20 bits per heavy atom. The van der Waals surface area contributed by atoms with Crippen LogP contribution < -0.4 is 15.4 Å². The first kappa shape index (κ1) is 16.3. The smallest absolute Gasteiger partial charge is 0.271 e. The van der Waals surface area contributed by atoms with Crippen molar-refractivity contribution in [2.24, 2.45) is 0 Å². The van der Waals surface area contributed by atoms with E-state index in [1.54, 1.807) is 13.0 Å². The maximum Gasteiger partial charge on any atom is 0.271 e. The third-order valence-electron chi connectivity index (χ3n) is 2.28. The lowest BCUT2D eigenvalue weighted by atomic mass is 10.3. The molecular formula is C11H19N5O3S. The van der Waals surface area contributed by atoms with Gasteiger partial charge in [0.25, 0.3) is 5.91 Å². The molecule has 1 aromatic heterocycles. The van der Waals surface area contributed by atoms with Crippen molar-refractivity contribution in [2.45, 2.75) is 13.8 Å². The monoisotopic (exact) mass is 301 g/mol. The van der Waals surface area contributed by atoms with Gasteiger partial charge >= 0.3 is 0 Å². The number of nitrogens with one attached hydrogen (secondary N) is 3. The van der Waals surface area contributed by atoms with Gasteiger partial charge in [-0.25, -0.2) is 13.1 Å². The zero-order valence-corrected chi connectivity index (χ0v) is 12.3. The predicted molar refractivity (Wildman–Crippen MR) is 76.0 cm³/mol. The van der Waals surface area contributed by atoms with Crippen molar-refractivity contribution in [3.63, 3.8) is 0 Å². The molecule has 0 aliphatic heterocycles. The highest BCUT2D eigenvalue weighted by Gasteiger charge is 2.09.